The maximum absolute atomic E-state index is 6.60. The van der Waals surface area contributed by atoms with Crippen LogP contribution in [0.5, 0.6) is 0 Å². The molecule has 1 saturated heterocycles. The van der Waals surface area contributed by atoms with Crippen LogP contribution in [0.4, 0.5) is 17.1 Å². The molecule has 8 heteroatoms. The van der Waals surface area contributed by atoms with E-state index < -0.39 is 18.3 Å². The molecule has 0 unspecified atom stereocenters. The molecule has 0 N–H and O–H groups in total. The number of hydrogen-bond donors (Lipinski definition) is 0. The van der Waals surface area contributed by atoms with Crippen LogP contribution in [0.15, 0.2) is 133 Å². The highest BCUT2D eigenvalue weighted by Crippen LogP contribution is 2.40. The lowest BCUT2D eigenvalue weighted by atomic mass is 9.76. The monoisotopic (exact) mass is 636 g/mol. The molecule has 232 valence electrons. The number of rotatable bonds is 7. The number of hydrogen-bond acceptors (Lipinski definition) is 6. The standard InChI is InChI=1S/C39H34BClN4O2/c1-38(2)39(3,4)47-40(46-38)33-25-24-30(26-34(33)45(31-16-10-6-11-17-31)32-18-12-7-13-19-32)27-20-22-29(23-21-27)36-42-35(43-37(41)44-36)28-14-8-5-9-15-28/h5-26H,1-4H3. The predicted octanol–water partition coefficient (Wildman–Crippen LogP) is 9.29. The summed E-state index contributed by atoms with van der Waals surface area (Å²) in [7, 11) is -0.547. The van der Waals surface area contributed by atoms with Gasteiger partial charge in [0.05, 0.1) is 11.2 Å². The van der Waals surface area contributed by atoms with Crippen LogP contribution < -0.4 is 10.4 Å². The van der Waals surface area contributed by atoms with Crippen molar-refractivity contribution in [2.45, 2.75) is 38.9 Å². The van der Waals surface area contributed by atoms with E-state index in [0.717, 1.165) is 44.8 Å². The largest absolute Gasteiger partial charge is 0.496 e. The van der Waals surface area contributed by atoms with E-state index in [2.05, 4.69) is 121 Å². The number of benzene rings is 5. The molecule has 0 radical (unpaired) electrons. The quantitative estimate of drug-likeness (QED) is 0.163. The topological polar surface area (TPSA) is 60.4 Å². The van der Waals surface area contributed by atoms with Crippen LogP contribution >= 0.6 is 11.6 Å². The van der Waals surface area contributed by atoms with Crippen LogP contribution in [0.2, 0.25) is 5.28 Å². The molecular formula is C39H34BClN4O2. The van der Waals surface area contributed by atoms with Crippen molar-refractivity contribution in [1.29, 1.82) is 0 Å². The number of aromatic nitrogens is 3. The summed E-state index contributed by atoms with van der Waals surface area (Å²) in [5.74, 6) is 1.06. The summed E-state index contributed by atoms with van der Waals surface area (Å²) < 4.78 is 13.2. The van der Waals surface area contributed by atoms with Crippen molar-refractivity contribution < 1.29 is 9.31 Å². The van der Waals surface area contributed by atoms with Gasteiger partial charge in [-0.05, 0) is 80.8 Å². The predicted molar refractivity (Wildman–Crippen MR) is 192 cm³/mol. The minimum absolute atomic E-state index is 0.155. The Hall–Kier alpha value is -4.82. The Labute approximate surface area is 281 Å². The third kappa shape index (κ3) is 6.18. The Balaban J connectivity index is 1.32. The molecule has 1 aromatic heterocycles. The fourth-order valence-electron chi connectivity index (χ4n) is 5.67. The van der Waals surface area contributed by atoms with Crippen LogP contribution in [0.25, 0.3) is 33.9 Å². The fraction of sp³-hybridized carbons (Fsp3) is 0.154. The summed E-state index contributed by atoms with van der Waals surface area (Å²) in [6.45, 7) is 8.32. The minimum Gasteiger partial charge on any atom is -0.399 e. The maximum atomic E-state index is 6.60. The Kier molecular flexibility index (Phi) is 8.14. The molecule has 0 saturated carbocycles. The second kappa shape index (κ2) is 12.4. The van der Waals surface area contributed by atoms with Gasteiger partial charge in [-0.3, -0.25) is 0 Å². The summed E-state index contributed by atoms with van der Waals surface area (Å²) in [6, 6.07) is 45.2. The summed E-state index contributed by atoms with van der Waals surface area (Å²) in [5, 5.41) is 0.155. The van der Waals surface area contributed by atoms with Crippen LogP contribution in [0, 0.1) is 0 Å². The Bertz CT molecular complexity index is 1950. The third-order valence-corrected chi connectivity index (χ3v) is 9.09. The van der Waals surface area contributed by atoms with E-state index in [1.807, 2.05) is 54.6 Å². The highest BCUT2D eigenvalue weighted by atomic mass is 35.5. The molecule has 6 nitrogen and oxygen atoms in total. The van der Waals surface area contributed by atoms with Gasteiger partial charge in [-0.15, -0.1) is 0 Å². The normalized spacial score (nSPS) is 15.0. The van der Waals surface area contributed by atoms with E-state index in [4.69, 9.17) is 25.9 Å². The average molecular weight is 637 g/mol. The SMILES string of the molecule is CC1(C)OB(c2ccc(-c3ccc(-c4nc(Cl)nc(-c5ccccc5)n4)cc3)cc2N(c2ccccc2)c2ccccc2)OC1(C)C. The minimum atomic E-state index is -0.547. The van der Waals surface area contributed by atoms with Gasteiger partial charge in [-0.25, -0.2) is 4.98 Å². The van der Waals surface area contributed by atoms with Crippen molar-refractivity contribution in [1.82, 2.24) is 15.0 Å². The maximum Gasteiger partial charge on any atom is 0.496 e. The molecule has 0 atom stereocenters. The van der Waals surface area contributed by atoms with Gasteiger partial charge >= 0.3 is 7.12 Å². The molecule has 0 spiro atoms. The van der Waals surface area contributed by atoms with Gasteiger partial charge in [-0.1, -0.05) is 103 Å². The number of para-hydroxylation sites is 2. The first-order valence-electron chi connectivity index (χ1n) is 15.7. The molecule has 0 amide bonds. The highest BCUT2D eigenvalue weighted by Gasteiger charge is 2.52. The van der Waals surface area contributed by atoms with E-state index in [9.17, 15) is 0 Å². The van der Waals surface area contributed by atoms with E-state index in [-0.39, 0.29) is 5.28 Å². The molecule has 1 aliphatic heterocycles. The van der Waals surface area contributed by atoms with Crippen LogP contribution in [-0.2, 0) is 9.31 Å². The lowest BCUT2D eigenvalue weighted by Crippen LogP contribution is -2.41. The zero-order chi connectivity index (χ0) is 32.6. The zero-order valence-corrected chi connectivity index (χ0v) is 27.5. The van der Waals surface area contributed by atoms with Crippen molar-refractivity contribution in [2.75, 3.05) is 4.90 Å². The van der Waals surface area contributed by atoms with Crippen molar-refractivity contribution in [3.05, 3.63) is 139 Å². The van der Waals surface area contributed by atoms with Gasteiger partial charge < -0.3 is 14.2 Å². The molecule has 1 fully saturated rings. The molecule has 0 aliphatic carbocycles. The first-order valence-corrected chi connectivity index (χ1v) is 16.0. The zero-order valence-electron chi connectivity index (χ0n) is 26.8. The second-order valence-corrected chi connectivity index (χ2v) is 12.9. The van der Waals surface area contributed by atoms with Crippen LogP contribution in [0.1, 0.15) is 27.7 Å². The van der Waals surface area contributed by atoms with Crippen molar-refractivity contribution in [3.8, 4) is 33.9 Å². The van der Waals surface area contributed by atoms with Gasteiger partial charge in [0.2, 0.25) is 5.28 Å². The Morgan fingerprint density at radius 3 is 1.51 bits per heavy atom. The molecule has 1 aliphatic rings. The Morgan fingerprint density at radius 1 is 0.532 bits per heavy atom. The lowest BCUT2D eigenvalue weighted by molar-refractivity contribution is 0.00578. The summed E-state index contributed by atoms with van der Waals surface area (Å²) in [5.41, 5.74) is 6.84. The smallest absolute Gasteiger partial charge is 0.399 e. The van der Waals surface area contributed by atoms with Gasteiger partial charge in [0.25, 0.3) is 0 Å². The molecule has 6 aromatic rings. The van der Waals surface area contributed by atoms with E-state index in [1.54, 1.807) is 0 Å². The van der Waals surface area contributed by atoms with E-state index in [1.165, 1.54) is 0 Å². The molecule has 2 heterocycles. The summed E-state index contributed by atoms with van der Waals surface area (Å²) in [6.07, 6.45) is 0. The highest BCUT2D eigenvalue weighted by molar-refractivity contribution is 6.64. The second-order valence-electron chi connectivity index (χ2n) is 12.6. The average Bonchev–Trinajstić information content (AvgIpc) is 3.31. The third-order valence-electron chi connectivity index (χ3n) is 8.92. The first kappa shape index (κ1) is 30.8. The number of anilines is 3. The molecule has 0 bridgehead atoms. The molecule has 5 aromatic carbocycles. The van der Waals surface area contributed by atoms with Gasteiger partial charge in [0, 0.05) is 33.7 Å². The number of halogens is 1. The fourth-order valence-corrected chi connectivity index (χ4v) is 5.83. The van der Waals surface area contributed by atoms with Gasteiger partial charge in [0.1, 0.15) is 0 Å². The molecular weight excluding hydrogens is 603 g/mol. The first-order chi connectivity index (χ1) is 22.7. The molecule has 7 rings (SSSR count). The number of nitrogens with zero attached hydrogens (tertiary/aromatic N) is 4. The summed E-state index contributed by atoms with van der Waals surface area (Å²) >= 11 is 6.34. The van der Waals surface area contributed by atoms with E-state index in [0.29, 0.717) is 11.6 Å². The lowest BCUT2D eigenvalue weighted by Gasteiger charge is -2.32. The summed E-state index contributed by atoms with van der Waals surface area (Å²) in [4.78, 5) is 15.8. The van der Waals surface area contributed by atoms with Crippen molar-refractivity contribution in [3.63, 3.8) is 0 Å². The Morgan fingerprint density at radius 2 is 0.979 bits per heavy atom. The van der Waals surface area contributed by atoms with Gasteiger partial charge in [-0.2, -0.15) is 9.97 Å². The van der Waals surface area contributed by atoms with Gasteiger partial charge in [0.15, 0.2) is 11.6 Å². The van der Waals surface area contributed by atoms with Crippen LogP contribution in [-0.4, -0.2) is 33.3 Å². The van der Waals surface area contributed by atoms with Crippen molar-refractivity contribution >= 4 is 41.2 Å². The molecule has 47 heavy (non-hydrogen) atoms. The van der Waals surface area contributed by atoms with E-state index >= 15 is 0 Å². The van der Waals surface area contributed by atoms with Crippen LogP contribution in [0.3, 0.4) is 0 Å². The van der Waals surface area contributed by atoms with Crippen molar-refractivity contribution in [2.24, 2.45) is 0 Å².